The summed E-state index contributed by atoms with van der Waals surface area (Å²) < 4.78 is 4.19. The number of rotatable bonds is 6. The second-order valence-electron chi connectivity index (χ2n) is 8.68. The van der Waals surface area contributed by atoms with Gasteiger partial charge in [-0.3, -0.25) is 0 Å². The SMILES string of the molecule is Cc1nc(C2CC2c2nc3ccccc3n2CCN(C)C)cc(-n2nc(C)nc2C)n1. The first-order valence-electron chi connectivity index (χ1n) is 10.8. The fourth-order valence-electron chi connectivity index (χ4n) is 4.33. The van der Waals surface area contributed by atoms with Crippen LogP contribution in [0.4, 0.5) is 0 Å². The minimum absolute atomic E-state index is 0.347. The van der Waals surface area contributed by atoms with Gasteiger partial charge in [0.2, 0.25) is 0 Å². The molecule has 4 aromatic rings. The smallest absolute Gasteiger partial charge is 0.159 e. The number of nitrogens with zero attached hydrogens (tertiary/aromatic N) is 8. The van der Waals surface area contributed by atoms with Crippen LogP contribution in [0.1, 0.15) is 47.2 Å². The molecule has 1 aromatic carbocycles. The number of likely N-dealkylation sites (N-methyl/N-ethyl adjacent to an activating group) is 1. The number of fused-ring (bicyclic) bond motifs is 1. The van der Waals surface area contributed by atoms with Gasteiger partial charge in [-0.2, -0.15) is 4.68 Å². The Morgan fingerprint density at radius 3 is 2.52 bits per heavy atom. The zero-order chi connectivity index (χ0) is 21.7. The summed E-state index contributed by atoms with van der Waals surface area (Å²) in [5, 5.41) is 4.50. The highest BCUT2D eigenvalue weighted by atomic mass is 15.4. The second kappa shape index (κ2) is 7.53. The van der Waals surface area contributed by atoms with E-state index in [2.05, 4.69) is 69.0 Å². The van der Waals surface area contributed by atoms with E-state index < -0.39 is 0 Å². The average molecular weight is 417 g/mol. The molecule has 1 saturated carbocycles. The molecular weight excluding hydrogens is 388 g/mol. The van der Waals surface area contributed by atoms with Gasteiger partial charge in [-0.15, -0.1) is 5.10 Å². The van der Waals surface area contributed by atoms with Gasteiger partial charge >= 0.3 is 0 Å². The van der Waals surface area contributed by atoms with E-state index in [0.29, 0.717) is 11.8 Å². The Kier molecular flexibility index (Phi) is 4.81. The van der Waals surface area contributed by atoms with Gasteiger partial charge in [0.05, 0.1) is 16.7 Å². The van der Waals surface area contributed by atoms with E-state index in [9.17, 15) is 0 Å². The fraction of sp³-hybridized carbons (Fsp3) is 0.435. The lowest BCUT2D eigenvalue weighted by Gasteiger charge is -2.13. The van der Waals surface area contributed by atoms with Gasteiger partial charge in [0.25, 0.3) is 0 Å². The van der Waals surface area contributed by atoms with E-state index in [-0.39, 0.29) is 0 Å². The maximum atomic E-state index is 5.02. The van der Waals surface area contributed by atoms with Crippen molar-refractivity contribution in [2.75, 3.05) is 20.6 Å². The van der Waals surface area contributed by atoms with E-state index in [4.69, 9.17) is 9.97 Å². The lowest BCUT2D eigenvalue weighted by Crippen LogP contribution is -2.19. The van der Waals surface area contributed by atoms with Crippen LogP contribution in [-0.4, -0.2) is 59.8 Å². The molecule has 5 rings (SSSR count). The molecule has 0 spiro atoms. The highest BCUT2D eigenvalue weighted by Gasteiger charge is 2.44. The normalized spacial score (nSPS) is 18.3. The largest absolute Gasteiger partial charge is 0.326 e. The lowest BCUT2D eigenvalue weighted by atomic mass is 10.2. The van der Waals surface area contributed by atoms with Crippen LogP contribution in [0, 0.1) is 20.8 Å². The van der Waals surface area contributed by atoms with Crippen molar-refractivity contribution in [1.82, 2.24) is 39.2 Å². The maximum Gasteiger partial charge on any atom is 0.159 e. The Morgan fingerprint density at radius 1 is 0.968 bits per heavy atom. The first-order chi connectivity index (χ1) is 14.9. The molecule has 0 saturated heterocycles. The molecule has 0 amide bonds. The number of hydrogen-bond acceptors (Lipinski definition) is 6. The second-order valence-corrected chi connectivity index (χ2v) is 8.68. The van der Waals surface area contributed by atoms with Gasteiger partial charge in [0.15, 0.2) is 5.82 Å². The minimum Gasteiger partial charge on any atom is -0.326 e. The number of imidazole rings is 1. The molecule has 1 fully saturated rings. The summed E-state index contributed by atoms with van der Waals surface area (Å²) in [5.74, 6) is 5.00. The molecule has 0 N–H and O–H groups in total. The van der Waals surface area contributed by atoms with Crippen molar-refractivity contribution in [2.45, 2.75) is 45.6 Å². The lowest BCUT2D eigenvalue weighted by molar-refractivity contribution is 0.383. The summed E-state index contributed by atoms with van der Waals surface area (Å²) in [6.07, 6.45) is 1.05. The number of para-hydroxylation sites is 2. The molecule has 0 aliphatic heterocycles. The Balaban J connectivity index is 1.49. The highest BCUT2D eigenvalue weighted by molar-refractivity contribution is 5.76. The van der Waals surface area contributed by atoms with Gasteiger partial charge in [0, 0.05) is 31.0 Å². The molecule has 8 nitrogen and oxygen atoms in total. The zero-order valence-corrected chi connectivity index (χ0v) is 18.7. The third kappa shape index (κ3) is 3.72. The van der Waals surface area contributed by atoms with Crippen LogP contribution in [0.25, 0.3) is 16.9 Å². The van der Waals surface area contributed by atoms with Gasteiger partial charge in [-0.1, -0.05) is 12.1 Å². The van der Waals surface area contributed by atoms with Crippen LogP contribution >= 0.6 is 0 Å². The number of aryl methyl sites for hydroxylation is 3. The zero-order valence-electron chi connectivity index (χ0n) is 18.7. The molecule has 31 heavy (non-hydrogen) atoms. The molecule has 3 heterocycles. The molecule has 0 radical (unpaired) electrons. The summed E-state index contributed by atoms with van der Waals surface area (Å²) >= 11 is 0. The third-order valence-electron chi connectivity index (χ3n) is 5.89. The average Bonchev–Trinajstić information content (AvgIpc) is 3.33. The molecule has 160 valence electrons. The topological polar surface area (TPSA) is 77.5 Å². The number of benzene rings is 1. The molecule has 8 heteroatoms. The predicted octanol–water partition coefficient (Wildman–Crippen LogP) is 3.16. The van der Waals surface area contributed by atoms with Crippen LogP contribution in [0.3, 0.4) is 0 Å². The Morgan fingerprint density at radius 2 is 1.77 bits per heavy atom. The molecule has 1 aliphatic carbocycles. The Labute approximate surface area is 182 Å². The first-order valence-corrected chi connectivity index (χ1v) is 10.8. The van der Waals surface area contributed by atoms with E-state index in [0.717, 1.165) is 54.0 Å². The van der Waals surface area contributed by atoms with Crippen molar-refractivity contribution >= 4 is 11.0 Å². The van der Waals surface area contributed by atoms with Gasteiger partial charge in [0.1, 0.15) is 23.3 Å². The fourth-order valence-corrected chi connectivity index (χ4v) is 4.33. The van der Waals surface area contributed by atoms with Gasteiger partial charge < -0.3 is 9.47 Å². The molecule has 2 unspecified atom stereocenters. The Bertz CT molecular complexity index is 1250. The van der Waals surface area contributed by atoms with Gasteiger partial charge in [-0.25, -0.2) is 19.9 Å². The maximum absolute atomic E-state index is 5.02. The third-order valence-corrected chi connectivity index (χ3v) is 5.89. The van der Waals surface area contributed by atoms with Crippen molar-refractivity contribution < 1.29 is 0 Å². The van der Waals surface area contributed by atoms with Crippen LogP contribution in [0.15, 0.2) is 30.3 Å². The number of hydrogen-bond donors (Lipinski definition) is 0. The summed E-state index contributed by atoms with van der Waals surface area (Å²) in [7, 11) is 4.22. The molecule has 2 atom stereocenters. The Hall–Kier alpha value is -3.13. The number of aromatic nitrogens is 7. The van der Waals surface area contributed by atoms with Crippen LogP contribution in [0.2, 0.25) is 0 Å². The van der Waals surface area contributed by atoms with Crippen LogP contribution < -0.4 is 0 Å². The van der Waals surface area contributed by atoms with Crippen LogP contribution in [-0.2, 0) is 6.54 Å². The van der Waals surface area contributed by atoms with Crippen LogP contribution in [0.5, 0.6) is 0 Å². The molecule has 3 aromatic heterocycles. The van der Waals surface area contributed by atoms with E-state index >= 15 is 0 Å². The molecule has 0 bridgehead atoms. The summed E-state index contributed by atoms with van der Waals surface area (Å²) in [5.41, 5.74) is 3.33. The highest BCUT2D eigenvalue weighted by Crippen LogP contribution is 2.54. The monoisotopic (exact) mass is 416 g/mol. The van der Waals surface area contributed by atoms with Crippen molar-refractivity contribution in [3.05, 3.63) is 59.3 Å². The summed E-state index contributed by atoms with van der Waals surface area (Å²) in [6.45, 7) is 7.69. The quantitative estimate of drug-likeness (QED) is 0.480. The van der Waals surface area contributed by atoms with E-state index in [1.54, 1.807) is 4.68 Å². The standard InChI is InChI=1S/C23H28N8/c1-14-25-20(13-22(26-14)31-16(3)24-15(2)28-31)17-12-18(17)23-27-19-8-6-7-9-21(19)30(23)11-10-29(4)5/h6-9,13,17-18H,10-12H2,1-5H3. The predicted molar refractivity (Wildman–Crippen MR) is 120 cm³/mol. The first kappa shape index (κ1) is 19.8. The van der Waals surface area contributed by atoms with Crippen molar-refractivity contribution in [1.29, 1.82) is 0 Å². The van der Waals surface area contributed by atoms with Gasteiger partial charge in [-0.05, 0) is 53.4 Å². The minimum atomic E-state index is 0.347. The molecular formula is C23H28N8. The van der Waals surface area contributed by atoms with E-state index in [1.165, 1.54) is 11.3 Å². The van der Waals surface area contributed by atoms with Crippen molar-refractivity contribution in [3.63, 3.8) is 0 Å². The molecule has 1 aliphatic rings. The summed E-state index contributed by atoms with van der Waals surface area (Å²) in [4.78, 5) is 21.0. The summed E-state index contributed by atoms with van der Waals surface area (Å²) in [6, 6.07) is 10.5. The van der Waals surface area contributed by atoms with E-state index in [1.807, 2.05) is 20.8 Å². The van der Waals surface area contributed by atoms with Crippen molar-refractivity contribution in [2.24, 2.45) is 0 Å². The van der Waals surface area contributed by atoms with Crippen molar-refractivity contribution in [3.8, 4) is 5.82 Å².